The second-order valence-electron chi connectivity index (χ2n) is 6.67. The van der Waals surface area contributed by atoms with Gasteiger partial charge in [0.2, 0.25) is 0 Å². The van der Waals surface area contributed by atoms with E-state index in [1.807, 2.05) is 30.7 Å². The van der Waals surface area contributed by atoms with E-state index in [0.717, 1.165) is 37.4 Å². The number of nitrogens with one attached hydrogen (secondary N) is 1. The molecule has 136 valence electrons. The Bertz CT molecular complexity index is 814. The van der Waals surface area contributed by atoms with Gasteiger partial charge in [0.15, 0.2) is 0 Å². The Balaban J connectivity index is 1.33. The van der Waals surface area contributed by atoms with Gasteiger partial charge in [0.25, 0.3) is 0 Å². The van der Waals surface area contributed by atoms with Crippen molar-refractivity contribution in [3.8, 4) is 0 Å². The molecule has 4 rings (SSSR count). The Morgan fingerprint density at radius 1 is 1.19 bits per heavy atom. The fourth-order valence-electron chi connectivity index (χ4n) is 3.46. The SMILES string of the molecule is C[C@@H]1c2ncc(CCOCc3ccncc3)n2CCN1Cc1cn[nH]c1. The number of imidazole rings is 1. The van der Waals surface area contributed by atoms with E-state index in [0.29, 0.717) is 19.3 Å². The van der Waals surface area contributed by atoms with Crippen LogP contribution in [0, 0.1) is 0 Å². The average molecular weight is 352 g/mol. The molecule has 0 saturated heterocycles. The number of rotatable bonds is 7. The van der Waals surface area contributed by atoms with E-state index >= 15 is 0 Å². The minimum absolute atomic E-state index is 0.296. The smallest absolute Gasteiger partial charge is 0.126 e. The van der Waals surface area contributed by atoms with Gasteiger partial charge < -0.3 is 9.30 Å². The number of nitrogens with zero attached hydrogens (tertiary/aromatic N) is 5. The highest BCUT2D eigenvalue weighted by atomic mass is 16.5. The van der Waals surface area contributed by atoms with E-state index < -0.39 is 0 Å². The summed E-state index contributed by atoms with van der Waals surface area (Å²) in [5.74, 6) is 1.14. The Morgan fingerprint density at radius 2 is 2.08 bits per heavy atom. The zero-order valence-electron chi connectivity index (χ0n) is 15.0. The molecule has 0 spiro atoms. The maximum atomic E-state index is 5.81. The molecule has 7 heteroatoms. The molecule has 26 heavy (non-hydrogen) atoms. The third kappa shape index (κ3) is 3.68. The fraction of sp³-hybridized carbons (Fsp3) is 0.421. The molecule has 0 radical (unpaired) electrons. The van der Waals surface area contributed by atoms with Crippen LogP contribution in [0.2, 0.25) is 0 Å². The first-order chi connectivity index (χ1) is 12.8. The van der Waals surface area contributed by atoms with Crippen molar-refractivity contribution in [1.29, 1.82) is 0 Å². The second-order valence-corrected chi connectivity index (χ2v) is 6.67. The Kier molecular flexibility index (Phi) is 5.08. The van der Waals surface area contributed by atoms with Gasteiger partial charge in [-0.05, 0) is 24.6 Å². The highest BCUT2D eigenvalue weighted by Gasteiger charge is 2.26. The van der Waals surface area contributed by atoms with Gasteiger partial charge in [0.1, 0.15) is 5.82 Å². The van der Waals surface area contributed by atoms with E-state index in [9.17, 15) is 0 Å². The monoisotopic (exact) mass is 352 g/mol. The maximum absolute atomic E-state index is 5.81. The lowest BCUT2D eigenvalue weighted by Gasteiger charge is -2.34. The zero-order valence-corrected chi connectivity index (χ0v) is 15.0. The Labute approximate surface area is 153 Å². The molecule has 3 aromatic heterocycles. The van der Waals surface area contributed by atoms with Gasteiger partial charge in [-0.2, -0.15) is 5.10 Å². The van der Waals surface area contributed by atoms with E-state index in [-0.39, 0.29) is 0 Å². The first-order valence-corrected chi connectivity index (χ1v) is 9.04. The van der Waals surface area contributed by atoms with Crippen molar-refractivity contribution in [1.82, 2.24) is 29.6 Å². The van der Waals surface area contributed by atoms with Crippen LogP contribution in [0.1, 0.15) is 35.6 Å². The van der Waals surface area contributed by atoms with Gasteiger partial charge >= 0.3 is 0 Å². The molecule has 0 fully saturated rings. The van der Waals surface area contributed by atoms with Crippen LogP contribution < -0.4 is 0 Å². The minimum Gasteiger partial charge on any atom is -0.376 e. The quantitative estimate of drug-likeness (QED) is 0.661. The standard InChI is InChI=1S/C19H24N6O/c1-15-19-21-12-18(4-9-26-14-16-2-5-20-6-3-16)25(19)8-7-24(15)13-17-10-22-23-11-17/h2-3,5-6,10-12,15H,4,7-9,13-14H2,1H3,(H,22,23)/t15-/m1/s1. The van der Waals surface area contributed by atoms with Crippen LogP contribution in [0.5, 0.6) is 0 Å². The summed E-state index contributed by atoms with van der Waals surface area (Å²) in [6, 6.07) is 4.26. The molecule has 0 bridgehead atoms. The van der Waals surface area contributed by atoms with Crippen molar-refractivity contribution < 1.29 is 4.74 Å². The molecule has 0 unspecified atom stereocenters. The van der Waals surface area contributed by atoms with Gasteiger partial charge in [-0.3, -0.25) is 15.0 Å². The van der Waals surface area contributed by atoms with Gasteiger partial charge in [0.05, 0.1) is 25.5 Å². The number of hydrogen-bond donors (Lipinski definition) is 1. The molecule has 3 aromatic rings. The highest BCUT2D eigenvalue weighted by Crippen LogP contribution is 2.26. The summed E-state index contributed by atoms with van der Waals surface area (Å²) in [5, 5.41) is 6.92. The number of aromatic nitrogens is 5. The van der Waals surface area contributed by atoms with Crippen LogP contribution >= 0.6 is 0 Å². The molecule has 4 heterocycles. The lowest BCUT2D eigenvalue weighted by Crippen LogP contribution is -2.37. The minimum atomic E-state index is 0.296. The molecule has 1 atom stereocenters. The molecular formula is C19H24N6O. The number of H-pyrrole nitrogens is 1. The molecule has 7 nitrogen and oxygen atoms in total. The molecular weight excluding hydrogens is 328 g/mol. The summed E-state index contributed by atoms with van der Waals surface area (Å²) < 4.78 is 8.17. The summed E-state index contributed by atoms with van der Waals surface area (Å²) in [6.07, 6.45) is 10.3. The lowest BCUT2D eigenvalue weighted by molar-refractivity contribution is 0.120. The van der Waals surface area contributed by atoms with Crippen LogP contribution in [0.3, 0.4) is 0 Å². The average Bonchev–Trinajstić information content (AvgIpc) is 3.32. The topological polar surface area (TPSA) is 71.9 Å². The number of aromatic amines is 1. The molecule has 1 aliphatic rings. The molecule has 1 aliphatic heterocycles. The summed E-state index contributed by atoms with van der Waals surface area (Å²) in [4.78, 5) is 11.2. The predicted octanol–water partition coefficient (Wildman–Crippen LogP) is 2.34. The van der Waals surface area contributed by atoms with E-state index in [2.05, 4.69) is 36.6 Å². The largest absolute Gasteiger partial charge is 0.376 e. The van der Waals surface area contributed by atoms with Crippen LogP contribution in [0.25, 0.3) is 0 Å². The summed E-state index contributed by atoms with van der Waals surface area (Å²) in [7, 11) is 0. The van der Waals surface area contributed by atoms with Crippen molar-refractivity contribution in [3.63, 3.8) is 0 Å². The molecule has 1 N–H and O–H groups in total. The van der Waals surface area contributed by atoms with Crippen LogP contribution in [0.4, 0.5) is 0 Å². The van der Waals surface area contributed by atoms with E-state index in [4.69, 9.17) is 4.74 Å². The van der Waals surface area contributed by atoms with Crippen molar-refractivity contribution in [3.05, 3.63) is 65.8 Å². The molecule has 0 aromatic carbocycles. The normalized spacial score (nSPS) is 17.3. The molecule has 0 saturated carbocycles. The van der Waals surface area contributed by atoms with Gasteiger partial charge in [0, 0.05) is 62.1 Å². The highest BCUT2D eigenvalue weighted by molar-refractivity contribution is 5.13. The maximum Gasteiger partial charge on any atom is 0.126 e. The van der Waals surface area contributed by atoms with E-state index in [1.165, 1.54) is 11.3 Å². The van der Waals surface area contributed by atoms with Gasteiger partial charge in [-0.1, -0.05) is 0 Å². The lowest BCUT2D eigenvalue weighted by atomic mass is 10.2. The third-order valence-corrected chi connectivity index (χ3v) is 4.96. The Morgan fingerprint density at radius 3 is 2.88 bits per heavy atom. The number of hydrogen-bond acceptors (Lipinski definition) is 5. The van der Waals surface area contributed by atoms with Crippen molar-refractivity contribution in [2.75, 3.05) is 13.2 Å². The van der Waals surface area contributed by atoms with Crippen molar-refractivity contribution in [2.45, 2.75) is 39.1 Å². The van der Waals surface area contributed by atoms with Gasteiger partial charge in [-0.25, -0.2) is 4.98 Å². The van der Waals surface area contributed by atoms with Crippen LogP contribution in [-0.2, 0) is 30.9 Å². The zero-order chi connectivity index (χ0) is 17.8. The first kappa shape index (κ1) is 16.9. The number of pyridine rings is 1. The molecule has 0 aliphatic carbocycles. The second kappa shape index (κ2) is 7.80. The number of fused-ring (bicyclic) bond motifs is 1. The van der Waals surface area contributed by atoms with E-state index in [1.54, 1.807) is 12.4 Å². The summed E-state index contributed by atoms with van der Waals surface area (Å²) in [6.45, 7) is 6.42. The van der Waals surface area contributed by atoms with Crippen LogP contribution in [-0.4, -0.2) is 42.8 Å². The van der Waals surface area contributed by atoms with Gasteiger partial charge in [-0.15, -0.1) is 0 Å². The number of ether oxygens (including phenoxy) is 1. The molecule has 0 amide bonds. The summed E-state index contributed by atoms with van der Waals surface area (Å²) in [5.41, 5.74) is 3.62. The summed E-state index contributed by atoms with van der Waals surface area (Å²) >= 11 is 0. The fourth-order valence-corrected chi connectivity index (χ4v) is 3.46. The van der Waals surface area contributed by atoms with Crippen molar-refractivity contribution >= 4 is 0 Å². The van der Waals surface area contributed by atoms with Crippen LogP contribution in [0.15, 0.2) is 43.1 Å². The predicted molar refractivity (Wildman–Crippen MR) is 97.2 cm³/mol. The van der Waals surface area contributed by atoms with Crippen molar-refractivity contribution in [2.24, 2.45) is 0 Å². The first-order valence-electron chi connectivity index (χ1n) is 9.04. The Hall–Kier alpha value is -2.51. The third-order valence-electron chi connectivity index (χ3n) is 4.96.